The molecule has 84 valence electrons. The molecule has 0 radical (unpaired) electrons. The predicted octanol–water partition coefficient (Wildman–Crippen LogP) is 0.755. The Hall–Kier alpha value is -1.43. The molecule has 0 bridgehead atoms. The van der Waals surface area contributed by atoms with Gasteiger partial charge in [0.1, 0.15) is 0 Å². The molecule has 0 saturated heterocycles. The minimum absolute atomic E-state index is 0.121. The summed E-state index contributed by atoms with van der Waals surface area (Å²) >= 11 is 0. The Morgan fingerprint density at radius 3 is 2.87 bits per heavy atom. The number of hydrogen-bond acceptors (Lipinski definition) is 5. The third-order valence-corrected chi connectivity index (χ3v) is 2.09. The van der Waals surface area contributed by atoms with E-state index in [2.05, 4.69) is 14.7 Å². The van der Waals surface area contributed by atoms with Crippen molar-refractivity contribution in [1.82, 2.24) is 15.0 Å². The van der Waals surface area contributed by atoms with Gasteiger partial charge < -0.3 is 9.63 Å². The molecule has 6 nitrogen and oxygen atoms in total. The standard InChI is InChI=1S/C9H15N3O3/c1-7(2)12(4-3-9(13)14)5-8-10-6-15-11-8/h6-7H,3-5H2,1-2H3,(H,13,14). The van der Waals surface area contributed by atoms with E-state index in [0.717, 1.165) is 0 Å². The van der Waals surface area contributed by atoms with Crippen molar-refractivity contribution >= 4 is 5.97 Å². The van der Waals surface area contributed by atoms with Crippen molar-refractivity contribution in [1.29, 1.82) is 0 Å². The zero-order valence-corrected chi connectivity index (χ0v) is 8.88. The predicted molar refractivity (Wildman–Crippen MR) is 52.1 cm³/mol. The first-order valence-corrected chi connectivity index (χ1v) is 4.80. The molecule has 0 aliphatic carbocycles. The molecule has 0 unspecified atom stereocenters. The summed E-state index contributed by atoms with van der Waals surface area (Å²) < 4.78 is 4.62. The van der Waals surface area contributed by atoms with Crippen molar-refractivity contribution in [3.05, 3.63) is 12.2 Å². The van der Waals surface area contributed by atoms with Crippen molar-refractivity contribution in [2.24, 2.45) is 0 Å². The van der Waals surface area contributed by atoms with Gasteiger partial charge in [-0.3, -0.25) is 9.69 Å². The highest BCUT2D eigenvalue weighted by Crippen LogP contribution is 2.05. The van der Waals surface area contributed by atoms with E-state index in [4.69, 9.17) is 5.11 Å². The van der Waals surface area contributed by atoms with Crippen LogP contribution >= 0.6 is 0 Å². The second-order valence-electron chi connectivity index (χ2n) is 3.56. The molecule has 6 heteroatoms. The van der Waals surface area contributed by atoms with Crippen LogP contribution in [0, 0.1) is 0 Å². The van der Waals surface area contributed by atoms with Gasteiger partial charge in [0.05, 0.1) is 13.0 Å². The van der Waals surface area contributed by atoms with E-state index in [1.165, 1.54) is 6.39 Å². The molecule has 1 heterocycles. The summed E-state index contributed by atoms with van der Waals surface area (Å²) in [5.74, 6) is -0.220. The van der Waals surface area contributed by atoms with E-state index in [-0.39, 0.29) is 12.5 Å². The van der Waals surface area contributed by atoms with Gasteiger partial charge >= 0.3 is 5.97 Å². The van der Waals surface area contributed by atoms with E-state index in [1.54, 1.807) is 0 Å². The molecule has 1 N–H and O–H groups in total. The molecular formula is C9H15N3O3. The molecule has 0 fully saturated rings. The van der Waals surface area contributed by atoms with Gasteiger partial charge in [-0.2, -0.15) is 4.98 Å². The van der Waals surface area contributed by atoms with Crippen molar-refractivity contribution in [2.75, 3.05) is 6.54 Å². The summed E-state index contributed by atoms with van der Waals surface area (Å²) in [4.78, 5) is 16.3. The summed E-state index contributed by atoms with van der Waals surface area (Å²) in [6.45, 7) is 5.01. The molecule has 1 aromatic heterocycles. The molecule has 0 aliphatic heterocycles. The molecule has 1 rings (SSSR count). The van der Waals surface area contributed by atoms with Crippen LogP contribution in [0.4, 0.5) is 0 Å². The number of aromatic nitrogens is 2. The van der Waals surface area contributed by atoms with E-state index in [9.17, 15) is 4.79 Å². The van der Waals surface area contributed by atoms with E-state index >= 15 is 0 Å². The lowest BCUT2D eigenvalue weighted by Gasteiger charge is -2.23. The Bertz CT molecular complexity index is 298. The van der Waals surface area contributed by atoms with Crippen LogP contribution < -0.4 is 0 Å². The summed E-state index contributed by atoms with van der Waals surface area (Å²) in [6, 6.07) is 0.253. The summed E-state index contributed by atoms with van der Waals surface area (Å²) in [7, 11) is 0. The van der Waals surface area contributed by atoms with Gasteiger partial charge in [-0.05, 0) is 13.8 Å². The Morgan fingerprint density at radius 2 is 2.40 bits per heavy atom. The molecule has 0 aliphatic rings. The number of rotatable bonds is 6. The van der Waals surface area contributed by atoms with Gasteiger partial charge in [0, 0.05) is 12.6 Å². The average molecular weight is 213 g/mol. The highest BCUT2D eigenvalue weighted by Gasteiger charge is 2.13. The van der Waals surface area contributed by atoms with Gasteiger partial charge in [0.15, 0.2) is 5.82 Å². The molecule has 0 spiro atoms. The van der Waals surface area contributed by atoms with E-state index in [1.807, 2.05) is 18.7 Å². The lowest BCUT2D eigenvalue weighted by atomic mass is 10.3. The minimum atomic E-state index is -0.797. The lowest BCUT2D eigenvalue weighted by Crippen LogP contribution is -2.32. The fraction of sp³-hybridized carbons (Fsp3) is 0.667. The third kappa shape index (κ3) is 4.07. The molecular weight excluding hydrogens is 198 g/mol. The highest BCUT2D eigenvalue weighted by atomic mass is 16.5. The van der Waals surface area contributed by atoms with Crippen LogP contribution in [0.3, 0.4) is 0 Å². The number of hydrogen-bond donors (Lipinski definition) is 1. The highest BCUT2D eigenvalue weighted by molar-refractivity contribution is 5.66. The van der Waals surface area contributed by atoms with Gasteiger partial charge in [0.2, 0.25) is 6.39 Å². The van der Waals surface area contributed by atoms with Crippen LogP contribution in [0.2, 0.25) is 0 Å². The maximum absolute atomic E-state index is 10.5. The van der Waals surface area contributed by atoms with E-state index in [0.29, 0.717) is 18.9 Å². The van der Waals surface area contributed by atoms with Crippen LogP contribution in [0.15, 0.2) is 10.9 Å². The lowest BCUT2D eigenvalue weighted by molar-refractivity contribution is -0.137. The smallest absolute Gasteiger partial charge is 0.304 e. The maximum Gasteiger partial charge on any atom is 0.304 e. The van der Waals surface area contributed by atoms with Crippen LogP contribution in [0.25, 0.3) is 0 Å². The van der Waals surface area contributed by atoms with Gasteiger partial charge in [0.25, 0.3) is 0 Å². The average Bonchev–Trinajstić information content (AvgIpc) is 2.63. The van der Waals surface area contributed by atoms with Crippen LogP contribution in [0.1, 0.15) is 26.1 Å². The Morgan fingerprint density at radius 1 is 1.67 bits per heavy atom. The second-order valence-corrected chi connectivity index (χ2v) is 3.56. The summed E-state index contributed by atoms with van der Waals surface area (Å²) in [6.07, 6.45) is 1.39. The van der Waals surface area contributed by atoms with E-state index < -0.39 is 5.97 Å². The van der Waals surface area contributed by atoms with Gasteiger partial charge in [-0.25, -0.2) is 0 Å². The number of aliphatic carboxylic acids is 1. The first-order valence-electron chi connectivity index (χ1n) is 4.80. The SMILES string of the molecule is CC(C)N(CCC(=O)O)Cc1ncon1. The Balaban J connectivity index is 2.47. The van der Waals surface area contributed by atoms with Crippen LogP contribution in [-0.4, -0.2) is 38.7 Å². The van der Waals surface area contributed by atoms with Crippen molar-refractivity contribution < 1.29 is 14.4 Å². The summed E-state index contributed by atoms with van der Waals surface area (Å²) in [5, 5.41) is 12.3. The molecule has 0 atom stereocenters. The largest absolute Gasteiger partial charge is 0.481 e. The fourth-order valence-electron chi connectivity index (χ4n) is 1.20. The number of carboxylic acid groups (broad SMARTS) is 1. The number of carbonyl (C=O) groups is 1. The van der Waals surface area contributed by atoms with Crippen molar-refractivity contribution in [3.8, 4) is 0 Å². The Labute approximate surface area is 87.9 Å². The third-order valence-electron chi connectivity index (χ3n) is 2.09. The topological polar surface area (TPSA) is 79.5 Å². The molecule has 15 heavy (non-hydrogen) atoms. The molecule has 1 aromatic rings. The second kappa shape index (κ2) is 5.45. The van der Waals surface area contributed by atoms with Gasteiger partial charge in [-0.1, -0.05) is 5.16 Å². The van der Waals surface area contributed by atoms with Crippen LogP contribution in [-0.2, 0) is 11.3 Å². The van der Waals surface area contributed by atoms with Crippen molar-refractivity contribution in [3.63, 3.8) is 0 Å². The zero-order valence-electron chi connectivity index (χ0n) is 8.88. The number of nitrogens with zero attached hydrogens (tertiary/aromatic N) is 3. The summed E-state index contributed by atoms with van der Waals surface area (Å²) in [5.41, 5.74) is 0. The molecule has 0 aromatic carbocycles. The fourth-order valence-corrected chi connectivity index (χ4v) is 1.20. The van der Waals surface area contributed by atoms with Crippen LogP contribution in [0.5, 0.6) is 0 Å². The Kier molecular flexibility index (Phi) is 4.23. The van der Waals surface area contributed by atoms with Crippen molar-refractivity contribution in [2.45, 2.75) is 32.9 Å². The first-order chi connectivity index (χ1) is 7.09. The minimum Gasteiger partial charge on any atom is -0.481 e. The normalized spacial score (nSPS) is 11.2. The quantitative estimate of drug-likeness (QED) is 0.751. The monoisotopic (exact) mass is 213 g/mol. The zero-order chi connectivity index (χ0) is 11.3. The molecule has 0 saturated carbocycles. The number of carboxylic acids is 1. The first kappa shape index (κ1) is 11.6. The molecule has 0 amide bonds. The maximum atomic E-state index is 10.5. The van der Waals surface area contributed by atoms with Gasteiger partial charge in [-0.15, -0.1) is 0 Å².